The Bertz CT molecular complexity index is 802. The Morgan fingerprint density at radius 2 is 1.86 bits per heavy atom. The van der Waals surface area contributed by atoms with Crippen molar-refractivity contribution in [2.45, 2.75) is 13.8 Å². The molecule has 0 aliphatic rings. The van der Waals surface area contributed by atoms with Crippen LogP contribution < -0.4 is 5.73 Å². The van der Waals surface area contributed by atoms with Crippen molar-refractivity contribution in [1.82, 2.24) is 14.8 Å². The summed E-state index contributed by atoms with van der Waals surface area (Å²) >= 11 is 7.60. The zero-order valence-electron chi connectivity index (χ0n) is 12.0. The number of aromatic nitrogens is 3. The van der Waals surface area contributed by atoms with Gasteiger partial charge in [-0.2, -0.15) is 5.10 Å². The van der Waals surface area contributed by atoms with Crippen molar-refractivity contribution in [3.63, 3.8) is 0 Å². The van der Waals surface area contributed by atoms with Crippen LogP contribution in [0.4, 0.5) is 5.82 Å². The number of aryl methyl sites for hydroxylation is 3. The molecule has 3 rings (SSSR count). The number of rotatable bonds is 2. The summed E-state index contributed by atoms with van der Waals surface area (Å²) in [7, 11) is 1.85. The molecule has 0 bridgehead atoms. The fraction of sp³-hybridized carbons (Fsp3) is 0.200. The van der Waals surface area contributed by atoms with Gasteiger partial charge in [0, 0.05) is 12.1 Å². The molecule has 0 atom stereocenters. The maximum atomic E-state index is 6.22. The summed E-state index contributed by atoms with van der Waals surface area (Å²) in [5.74, 6) is 0.637. The van der Waals surface area contributed by atoms with Crippen LogP contribution in [-0.4, -0.2) is 14.8 Å². The summed E-state index contributed by atoms with van der Waals surface area (Å²) in [6, 6.07) is 7.64. The van der Waals surface area contributed by atoms with E-state index in [2.05, 4.69) is 10.1 Å². The molecule has 0 radical (unpaired) electrons. The molecule has 0 saturated heterocycles. The van der Waals surface area contributed by atoms with Crippen molar-refractivity contribution in [3.05, 3.63) is 40.0 Å². The Labute approximate surface area is 132 Å². The number of thiazole rings is 1. The number of hydrogen-bond acceptors (Lipinski definition) is 4. The van der Waals surface area contributed by atoms with Gasteiger partial charge in [0.25, 0.3) is 0 Å². The lowest BCUT2D eigenvalue weighted by Gasteiger charge is -2.04. The van der Waals surface area contributed by atoms with E-state index in [4.69, 9.17) is 17.3 Å². The van der Waals surface area contributed by atoms with Crippen molar-refractivity contribution in [2.24, 2.45) is 7.05 Å². The van der Waals surface area contributed by atoms with E-state index in [1.165, 1.54) is 0 Å². The molecule has 2 aromatic heterocycles. The van der Waals surface area contributed by atoms with Crippen molar-refractivity contribution in [2.75, 3.05) is 5.73 Å². The Morgan fingerprint density at radius 3 is 2.43 bits per heavy atom. The van der Waals surface area contributed by atoms with Crippen molar-refractivity contribution < 1.29 is 0 Å². The highest BCUT2D eigenvalue weighted by molar-refractivity contribution is 7.15. The summed E-state index contributed by atoms with van der Waals surface area (Å²) in [6.07, 6.45) is 0. The first-order valence-corrected chi connectivity index (χ1v) is 7.69. The summed E-state index contributed by atoms with van der Waals surface area (Å²) in [4.78, 5) is 5.54. The summed E-state index contributed by atoms with van der Waals surface area (Å²) in [6.45, 7) is 3.99. The van der Waals surface area contributed by atoms with E-state index in [1.54, 1.807) is 16.0 Å². The van der Waals surface area contributed by atoms with Crippen molar-refractivity contribution >= 4 is 28.8 Å². The molecule has 6 heteroatoms. The van der Waals surface area contributed by atoms with Gasteiger partial charge in [-0.05, 0) is 31.5 Å². The summed E-state index contributed by atoms with van der Waals surface area (Å²) in [5, 5.41) is 6.31. The highest BCUT2D eigenvalue weighted by atomic mass is 35.5. The minimum atomic E-state index is 0.637. The third-order valence-corrected chi connectivity index (χ3v) is 4.67. The topological polar surface area (TPSA) is 56.7 Å². The normalized spacial score (nSPS) is 11.0. The smallest absolute Gasteiger partial charge is 0.129 e. The molecule has 2 heterocycles. The van der Waals surface area contributed by atoms with Crippen LogP contribution in [0.25, 0.3) is 21.7 Å². The largest absolute Gasteiger partial charge is 0.383 e. The molecule has 108 valence electrons. The van der Waals surface area contributed by atoms with Gasteiger partial charge in [0.2, 0.25) is 0 Å². The third kappa shape index (κ3) is 2.43. The first-order valence-electron chi connectivity index (χ1n) is 6.50. The van der Waals surface area contributed by atoms with Gasteiger partial charge >= 0.3 is 0 Å². The van der Waals surface area contributed by atoms with Crippen molar-refractivity contribution in [3.8, 4) is 21.7 Å². The Hall–Kier alpha value is -1.85. The standard InChI is InChI=1S/C15H15ClN4S/c1-8-14(21-9(2)18-8)13-12(15(17)20(3)19-13)10-4-6-11(16)7-5-10/h4-7H,17H2,1-3H3. The SMILES string of the molecule is Cc1nc(C)c(-c2nn(C)c(N)c2-c2ccc(Cl)cc2)s1. The molecule has 0 fully saturated rings. The number of nitrogen functional groups attached to an aromatic ring is 1. The van der Waals surface area contributed by atoms with Gasteiger partial charge in [-0.3, -0.25) is 4.68 Å². The average molecular weight is 319 g/mol. The number of benzene rings is 1. The molecule has 0 aliphatic carbocycles. The quantitative estimate of drug-likeness (QED) is 0.775. The van der Waals surface area contributed by atoms with Gasteiger partial charge in [-0.15, -0.1) is 11.3 Å². The van der Waals surface area contributed by atoms with Gasteiger partial charge in [-0.25, -0.2) is 4.98 Å². The molecule has 2 N–H and O–H groups in total. The van der Waals surface area contributed by atoms with Crippen LogP contribution >= 0.6 is 22.9 Å². The highest BCUT2D eigenvalue weighted by Crippen LogP contribution is 2.39. The molecule has 1 aromatic carbocycles. The minimum absolute atomic E-state index is 0.637. The Balaban J connectivity index is 2.25. The fourth-order valence-electron chi connectivity index (χ4n) is 2.35. The molecule has 0 saturated carbocycles. The van der Waals surface area contributed by atoms with Crippen LogP contribution in [0.3, 0.4) is 0 Å². The lowest BCUT2D eigenvalue weighted by molar-refractivity contribution is 0.782. The predicted octanol–water partition coefficient (Wildman–Crippen LogP) is 4.06. The summed E-state index contributed by atoms with van der Waals surface area (Å²) in [5.41, 5.74) is 10.0. The number of nitrogens with zero attached hydrogens (tertiary/aromatic N) is 3. The molecule has 0 spiro atoms. The zero-order chi connectivity index (χ0) is 15.1. The van der Waals surface area contributed by atoms with Crippen LogP contribution in [-0.2, 0) is 7.05 Å². The fourth-order valence-corrected chi connectivity index (χ4v) is 3.38. The van der Waals surface area contributed by atoms with E-state index in [9.17, 15) is 0 Å². The molecule has 21 heavy (non-hydrogen) atoms. The van der Waals surface area contributed by atoms with Crippen LogP contribution in [0.15, 0.2) is 24.3 Å². The molecule has 4 nitrogen and oxygen atoms in total. The lowest BCUT2D eigenvalue weighted by atomic mass is 10.0. The van der Waals surface area contributed by atoms with Crippen LogP contribution in [0, 0.1) is 13.8 Å². The Kier molecular flexibility index (Phi) is 3.47. The second-order valence-electron chi connectivity index (χ2n) is 4.89. The van der Waals surface area contributed by atoms with Gasteiger partial charge in [-0.1, -0.05) is 23.7 Å². The predicted molar refractivity (Wildman–Crippen MR) is 88.6 cm³/mol. The van der Waals surface area contributed by atoms with E-state index in [0.29, 0.717) is 10.8 Å². The van der Waals surface area contributed by atoms with Gasteiger partial charge < -0.3 is 5.73 Å². The first-order chi connectivity index (χ1) is 9.97. The zero-order valence-corrected chi connectivity index (χ0v) is 13.6. The van der Waals surface area contributed by atoms with Gasteiger partial charge in [0.05, 0.1) is 21.1 Å². The monoisotopic (exact) mass is 318 g/mol. The van der Waals surface area contributed by atoms with E-state index < -0.39 is 0 Å². The second-order valence-corrected chi connectivity index (χ2v) is 6.53. The Morgan fingerprint density at radius 1 is 1.19 bits per heavy atom. The van der Waals surface area contributed by atoms with Crippen LogP contribution in [0.2, 0.25) is 5.02 Å². The minimum Gasteiger partial charge on any atom is -0.383 e. The number of halogens is 1. The van der Waals surface area contributed by atoms with E-state index in [0.717, 1.165) is 32.4 Å². The average Bonchev–Trinajstić information content (AvgIpc) is 2.92. The molecule has 3 aromatic rings. The van der Waals surface area contributed by atoms with Crippen LogP contribution in [0.5, 0.6) is 0 Å². The van der Waals surface area contributed by atoms with E-state index >= 15 is 0 Å². The molecular formula is C15H15ClN4S. The van der Waals surface area contributed by atoms with Crippen molar-refractivity contribution in [1.29, 1.82) is 0 Å². The van der Waals surface area contributed by atoms with E-state index in [1.807, 2.05) is 45.2 Å². The summed E-state index contributed by atoms with van der Waals surface area (Å²) < 4.78 is 1.70. The van der Waals surface area contributed by atoms with Gasteiger partial charge in [0.1, 0.15) is 11.5 Å². The van der Waals surface area contributed by atoms with E-state index in [-0.39, 0.29) is 0 Å². The molecule has 0 aliphatic heterocycles. The molecule has 0 amide bonds. The lowest BCUT2D eigenvalue weighted by Crippen LogP contribution is -1.97. The first kappa shape index (κ1) is 14.1. The molecular weight excluding hydrogens is 304 g/mol. The van der Waals surface area contributed by atoms with Gasteiger partial charge in [0.15, 0.2) is 0 Å². The molecule has 0 unspecified atom stereocenters. The number of anilines is 1. The number of hydrogen-bond donors (Lipinski definition) is 1. The maximum Gasteiger partial charge on any atom is 0.129 e. The third-order valence-electron chi connectivity index (χ3n) is 3.34. The second kappa shape index (κ2) is 5.16. The number of nitrogens with two attached hydrogens (primary N) is 1. The van der Waals surface area contributed by atoms with Crippen LogP contribution in [0.1, 0.15) is 10.7 Å². The highest BCUT2D eigenvalue weighted by Gasteiger charge is 2.20. The maximum absolute atomic E-state index is 6.22.